The zero-order valence-electron chi connectivity index (χ0n) is 24.4. The van der Waals surface area contributed by atoms with E-state index in [0.29, 0.717) is 42.6 Å². The van der Waals surface area contributed by atoms with Gasteiger partial charge in [0.1, 0.15) is 5.75 Å². The molecule has 0 bridgehead atoms. The molecule has 4 fully saturated rings. The zero-order chi connectivity index (χ0) is 27.9. The summed E-state index contributed by atoms with van der Waals surface area (Å²) in [5, 5.41) is 36.6. The second kappa shape index (κ2) is 11.3. The fourth-order valence-electron chi connectivity index (χ4n) is 10.0. The minimum atomic E-state index is -0.386. The van der Waals surface area contributed by atoms with E-state index in [1.54, 1.807) is 7.11 Å². The molecule has 0 saturated heterocycles. The smallest absolute Gasteiger partial charge is 0.220 e. The van der Waals surface area contributed by atoms with E-state index in [0.717, 1.165) is 69.1 Å². The summed E-state index contributed by atoms with van der Waals surface area (Å²) in [6.07, 6.45) is 7.34. The lowest BCUT2D eigenvalue weighted by molar-refractivity contribution is -0.207. The van der Waals surface area contributed by atoms with E-state index in [4.69, 9.17) is 4.74 Å². The van der Waals surface area contributed by atoms with Crippen molar-refractivity contribution < 1.29 is 24.9 Å². The van der Waals surface area contributed by atoms with Gasteiger partial charge in [0.05, 0.1) is 25.4 Å². The van der Waals surface area contributed by atoms with E-state index in [1.807, 2.05) is 24.3 Å². The normalized spacial score (nSPS) is 42.1. The number of aliphatic hydroxyl groups is 3. The Balaban J connectivity index is 1.19. The number of aliphatic hydroxyl groups excluding tert-OH is 3. The first-order valence-electron chi connectivity index (χ1n) is 15.5. The number of fused-ring (bicyclic) bond motifs is 5. The SMILES string of the molecule is COc1ccccc1CCNC(=O)CCC(C)C1CCC2C3C(O)CC4CC(O)CCC4(C)C3CC(O)C12C. The number of hydrogen-bond acceptors (Lipinski definition) is 5. The summed E-state index contributed by atoms with van der Waals surface area (Å²) in [5.41, 5.74) is 0.966. The van der Waals surface area contributed by atoms with Crippen LogP contribution in [0.4, 0.5) is 0 Å². The first-order chi connectivity index (χ1) is 18.6. The van der Waals surface area contributed by atoms with E-state index >= 15 is 0 Å². The summed E-state index contributed by atoms with van der Waals surface area (Å²) < 4.78 is 5.42. The van der Waals surface area contributed by atoms with Gasteiger partial charge in [0.2, 0.25) is 5.91 Å². The molecular formula is C33H51NO5. The highest BCUT2D eigenvalue weighted by atomic mass is 16.5. The quantitative estimate of drug-likeness (QED) is 0.381. The van der Waals surface area contributed by atoms with Gasteiger partial charge in [-0.2, -0.15) is 0 Å². The van der Waals surface area contributed by atoms with Crippen LogP contribution in [0.25, 0.3) is 0 Å². The molecule has 0 aliphatic heterocycles. The van der Waals surface area contributed by atoms with Gasteiger partial charge < -0.3 is 25.4 Å². The molecular weight excluding hydrogens is 490 g/mol. The van der Waals surface area contributed by atoms with Gasteiger partial charge in [0.15, 0.2) is 0 Å². The van der Waals surface area contributed by atoms with E-state index in [2.05, 4.69) is 26.1 Å². The molecule has 1 aromatic carbocycles. The average molecular weight is 542 g/mol. The summed E-state index contributed by atoms with van der Waals surface area (Å²) in [7, 11) is 1.67. The third-order valence-corrected chi connectivity index (χ3v) is 12.3. The molecule has 1 aromatic rings. The number of rotatable bonds is 8. The maximum Gasteiger partial charge on any atom is 0.220 e. The van der Waals surface area contributed by atoms with Crippen molar-refractivity contribution in [2.45, 2.75) is 103 Å². The monoisotopic (exact) mass is 541 g/mol. The first kappa shape index (κ1) is 28.9. The van der Waals surface area contributed by atoms with Gasteiger partial charge in [-0.25, -0.2) is 0 Å². The molecule has 4 aliphatic rings. The molecule has 1 amide bonds. The average Bonchev–Trinajstić information content (AvgIpc) is 3.27. The standard InChI is InChI=1S/C33H51NO5/c1-20(9-12-30(38)34-16-14-21-7-5-6-8-28(21)39-4)24-10-11-25-31-26(19-29(37)33(24,25)3)32(2)15-13-23(35)17-22(32)18-27(31)36/h5-8,20,22-27,29,31,35-37H,9-19H2,1-4H3,(H,34,38). The van der Waals surface area contributed by atoms with Crippen LogP contribution in [0.5, 0.6) is 5.75 Å². The minimum absolute atomic E-state index is 0.0851. The molecule has 39 heavy (non-hydrogen) atoms. The predicted octanol–water partition coefficient (Wildman–Crippen LogP) is 4.73. The number of para-hydroxylation sites is 1. The molecule has 4 aliphatic carbocycles. The summed E-state index contributed by atoms with van der Waals surface area (Å²) in [6.45, 7) is 7.51. The third-order valence-electron chi connectivity index (χ3n) is 12.3. The van der Waals surface area contributed by atoms with Crippen molar-refractivity contribution in [2.24, 2.45) is 46.3 Å². The summed E-state index contributed by atoms with van der Waals surface area (Å²) in [6, 6.07) is 7.92. The van der Waals surface area contributed by atoms with Gasteiger partial charge in [-0.15, -0.1) is 0 Å². The van der Waals surface area contributed by atoms with Gasteiger partial charge in [0, 0.05) is 13.0 Å². The second-order valence-electron chi connectivity index (χ2n) is 14.0. The van der Waals surface area contributed by atoms with E-state index in [-0.39, 0.29) is 41.0 Å². The molecule has 4 N–H and O–H groups in total. The number of hydrogen-bond donors (Lipinski definition) is 4. The second-order valence-corrected chi connectivity index (χ2v) is 14.0. The lowest BCUT2D eigenvalue weighted by atomic mass is 9.43. The zero-order valence-corrected chi connectivity index (χ0v) is 24.4. The Hall–Kier alpha value is -1.63. The van der Waals surface area contributed by atoms with Crippen LogP contribution in [0.1, 0.15) is 84.1 Å². The van der Waals surface area contributed by atoms with Crippen molar-refractivity contribution in [3.8, 4) is 5.75 Å². The van der Waals surface area contributed by atoms with Gasteiger partial charge in [0.25, 0.3) is 0 Å². The Morgan fingerprint density at radius 2 is 1.85 bits per heavy atom. The van der Waals surface area contributed by atoms with Crippen LogP contribution in [-0.4, -0.2) is 53.2 Å². The van der Waals surface area contributed by atoms with Crippen LogP contribution >= 0.6 is 0 Å². The maximum absolute atomic E-state index is 12.7. The first-order valence-corrected chi connectivity index (χ1v) is 15.5. The van der Waals surface area contributed by atoms with E-state index in [1.165, 1.54) is 0 Å². The largest absolute Gasteiger partial charge is 0.496 e. The highest BCUT2D eigenvalue weighted by Gasteiger charge is 2.65. The van der Waals surface area contributed by atoms with Gasteiger partial charge in [-0.05, 0) is 116 Å². The van der Waals surface area contributed by atoms with Crippen molar-refractivity contribution in [3.05, 3.63) is 29.8 Å². The van der Waals surface area contributed by atoms with Crippen LogP contribution in [0.15, 0.2) is 24.3 Å². The van der Waals surface area contributed by atoms with Crippen LogP contribution < -0.4 is 10.1 Å². The molecule has 0 spiro atoms. The fraction of sp³-hybridized carbons (Fsp3) is 0.788. The van der Waals surface area contributed by atoms with Gasteiger partial charge in [-0.1, -0.05) is 39.0 Å². The molecule has 0 aromatic heterocycles. The number of amides is 1. The number of benzene rings is 1. The lowest BCUT2D eigenvalue weighted by Gasteiger charge is -2.63. The van der Waals surface area contributed by atoms with E-state index < -0.39 is 0 Å². The number of carbonyl (C=O) groups is 1. The minimum Gasteiger partial charge on any atom is -0.496 e. The van der Waals surface area contributed by atoms with Crippen molar-refractivity contribution >= 4 is 5.91 Å². The molecule has 0 radical (unpaired) electrons. The van der Waals surface area contributed by atoms with Crippen LogP contribution in [0, 0.1) is 46.3 Å². The van der Waals surface area contributed by atoms with Crippen molar-refractivity contribution in [1.82, 2.24) is 5.32 Å². The van der Waals surface area contributed by atoms with Crippen molar-refractivity contribution in [3.63, 3.8) is 0 Å². The highest BCUT2D eigenvalue weighted by molar-refractivity contribution is 5.75. The number of methoxy groups -OCH3 is 1. The highest BCUT2D eigenvalue weighted by Crippen LogP contribution is 2.68. The van der Waals surface area contributed by atoms with Gasteiger partial charge in [-0.3, -0.25) is 4.79 Å². The molecule has 6 nitrogen and oxygen atoms in total. The summed E-state index contributed by atoms with van der Waals surface area (Å²) in [4.78, 5) is 12.7. The van der Waals surface area contributed by atoms with Crippen LogP contribution in [-0.2, 0) is 11.2 Å². The fourth-order valence-corrected chi connectivity index (χ4v) is 10.0. The Bertz CT molecular complexity index is 1020. The van der Waals surface area contributed by atoms with Crippen molar-refractivity contribution in [2.75, 3.05) is 13.7 Å². The molecule has 11 unspecified atom stereocenters. The molecule has 6 heteroatoms. The van der Waals surface area contributed by atoms with Crippen molar-refractivity contribution in [1.29, 1.82) is 0 Å². The summed E-state index contributed by atoms with van der Waals surface area (Å²) >= 11 is 0. The molecule has 0 heterocycles. The van der Waals surface area contributed by atoms with Gasteiger partial charge >= 0.3 is 0 Å². The molecule has 218 valence electrons. The maximum atomic E-state index is 12.7. The Labute approximate surface area is 234 Å². The molecule has 11 atom stereocenters. The Morgan fingerprint density at radius 3 is 2.62 bits per heavy atom. The topological polar surface area (TPSA) is 99.0 Å². The molecule has 5 rings (SSSR count). The number of ether oxygens (including phenoxy) is 1. The predicted molar refractivity (Wildman–Crippen MR) is 152 cm³/mol. The third kappa shape index (κ3) is 5.15. The number of carbonyl (C=O) groups excluding carboxylic acids is 1. The van der Waals surface area contributed by atoms with E-state index in [9.17, 15) is 20.1 Å². The lowest BCUT2D eigenvalue weighted by Crippen LogP contribution is -2.62. The molecule has 4 saturated carbocycles. The Kier molecular flexibility index (Phi) is 8.39. The summed E-state index contributed by atoms with van der Waals surface area (Å²) in [5.74, 6) is 2.82. The van der Waals surface area contributed by atoms with Crippen LogP contribution in [0.3, 0.4) is 0 Å². The Morgan fingerprint density at radius 1 is 1.08 bits per heavy atom. The number of nitrogens with one attached hydrogen (secondary N) is 1. The van der Waals surface area contributed by atoms with Crippen LogP contribution in [0.2, 0.25) is 0 Å².